The van der Waals surface area contributed by atoms with Crippen LogP contribution in [-0.2, 0) is 13.1 Å². The number of hydrogen-bond donors (Lipinski definition) is 0. The Morgan fingerprint density at radius 1 is 0.912 bits per heavy atom. The number of fused-ring (bicyclic) bond motifs is 1. The Bertz CT molecular complexity index is 1140. The first-order valence-corrected chi connectivity index (χ1v) is 11.5. The van der Waals surface area contributed by atoms with Gasteiger partial charge in [-0.05, 0) is 48.7 Å². The Morgan fingerprint density at radius 3 is 2.03 bits per heavy atom. The smallest absolute Gasteiger partial charge is 0.336 e. The van der Waals surface area contributed by atoms with Crippen LogP contribution >= 0.6 is 0 Å². The van der Waals surface area contributed by atoms with Crippen LogP contribution in [0.4, 0.5) is 5.82 Å². The first-order chi connectivity index (χ1) is 16.6. The Labute approximate surface area is 200 Å². The lowest BCUT2D eigenvalue weighted by atomic mass is 10.1. The second kappa shape index (κ2) is 10.9. The lowest BCUT2D eigenvalue weighted by Crippen LogP contribution is -2.25. The summed E-state index contributed by atoms with van der Waals surface area (Å²) < 4.78 is 18.4. The second-order valence-corrected chi connectivity index (χ2v) is 8.18. The van der Waals surface area contributed by atoms with E-state index in [1.807, 2.05) is 37.4 Å². The van der Waals surface area contributed by atoms with Crippen LogP contribution in [0.5, 0.6) is 17.5 Å². The van der Waals surface area contributed by atoms with E-state index in [0.29, 0.717) is 30.6 Å². The lowest BCUT2D eigenvalue weighted by molar-refractivity contribution is 0.189. The molecule has 0 N–H and O–H groups in total. The highest BCUT2D eigenvalue weighted by molar-refractivity contribution is 5.64. The number of nitrogens with zero attached hydrogens (tertiary/aromatic N) is 5. The maximum absolute atomic E-state index is 6.05. The van der Waals surface area contributed by atoms with Crippen molar-refractivity contribution in [2.24, 2.45) is 0 Å². The van der Waals surface area contributed by atoms with Gasteiger partial charge in [0.25, 0.3) is 0 Å². The van der Waals surface area contributed by atoms with Crippen LogP contribution in [0.25, 0.3) is 5.65 Å². The van der Waals surface area contributed by atoms with Gasteiger partial charge < -0.3 is 19.1 Å². The van der Waals surface area contributed by atoms with Gasteiger partial charge in [-0.2, -0.15) is 4.98 Å². The summed E-state index contributed by atoms with van der Waals surface area (Å²) in [6.07, 6.45) is 5.53. The third-order valence-electron chi connectivity index (χ3n) is 5.58. The summed E-state index contributed by atoms with van der Waals surface area (Å²) in [7, 11) is 3.34. The summed E-state index contributed by atoms with van der Waals surface area (Å²) in [6, 6.07) is 16.4. The highest BCUT2D eigenvalue weighted by Crippen LogP contribution is 2.26. The summed E-state index contributed by atoms with van der Waals surface area (Å²) >= 11 is 0. The van der Waals surface area contributed by atoms with E-state index >= 15 is 0 Å². The molecule has 0 spiro atoms. The quantitative estimate of drug-likeness (QED) is 0.314. The van der Waals surface area contributed by atoms with Crippen LogP contribution in [0.1, 0.15) is 37.8 Å². The normalized spacial score (nSPS) is 11.9. The monoisotopic (exact) mass is 461 g/mol. The van der Waals surface area contributed by atoms with Crippen LogP contribution in [0.2, 0.25) is 0 Å². The summed E-state index contributed by atoms with van der Waals surface area (Å²) in [5.74, 6) is 2.36. The van der Waals surface area contributed by atoms with Crippen LogP contribution in [-0.4, -0.2) is 39.9 Å². The average Bonchev–Trinajstić information content (AvgIpc) is 3.33. The van der Waals surface area contributed by atoms with E-state index in [9.17, 15) is 0 Å². The Balaban J connectivity index is 1.72. The van der Waals surface area contributed by atoms with Gasteiger partial charge >= 0.3 is 6.01 Å². The van der Waals surface area contributed by atoms with Gasteiger partial charge in [-0.25, -0.2) is 9.50 Å². The predicted octanol–water partition coefficient (Wildman–Crippen LogP) is 4.92. The van der Waals surface area contributed by atoms with Crippen LogP contribution in [0, 0.1) is 0 Å². The predicted molar refractivity (Wildman–Crippen MR) is 132 cm³/mol. The first kappa shape index (κ1) is 23.4. The molecule has 4 rings (SSSR count). The molecule has 0 fully saturated rings. The molecule has 0 saturated carbocycles. The first-order valence-electron chi connectivity index (χ1n) is 11.5. The van der Waals surface area contributed by atoms with Crippen LogP contribution in [0.3, 0.4) is 0 Å². The summed E-state index contributed by atoms with van der Waals surface area (Å²) in [6.45, 7) is 5.42. The number of rotatable bonds is 11. The van der Waals surface area contributed by atoms with Crippen molar-refractivity contribution in [3.8, 4) is 17.5 Å². The van der Waals surface area contributed by atoms with Gasteiger partial charge in [0.1, 0.15) is 11.5 Å². The second-order valence-electron chi connectivity index (χ2n) is 8.18. The molecule has 8 heteroatoms. The number of methoxy groups -OCH3 is 2. The van der Waals surface area contributed by atoms with Crippen molar-refractivity contribution in [1.82, 2.24) is 19.6 Å². The van der Waals surface area contributed by atoms with E-state index < -0.39 is 0 Å². The molecule has 0 saturated heterocycles. The summed E-state index contributed by atoms with van der Waals surface area (Å²) in [4.78, 5) is 11.5. The minimum Gasteiger partial charge on any atom is -0.497 e. The molecule has 1 unspecified atom stereocenters. The number of ether oxygens (including phenoxy) is 3. The molecule has 178 valence electrons. The van der Waals surface area contributed by atoms with E-state index in [-0.39, 0.29) is 6.10 Å². The summed E-state index contributed by atoms with van der Waals surface area (Å²) in [5.41, 5.74) is 2.93. The van der Waals surface area contributed by atoms with Crippen molar-refractivity contribution in [3.05, 3.63) is 72.1 Å². The maximum atomic E-state index is 6.05. The van der Waals surface area contributed by atoms with Gasteiger partial charge in [-0.1, -0.05) is 37.6 Å². The molecule has 0 radical (unpaired) electrons. The molecule has 0 aliphatic rings. The molecule has 34 heavy (non-hydrogen) atoms. The van der Waals surface area contributed by atoms with Crippen molar-refractivity contribution < 1.29 is 14.2 Å². The molecule has 2 aromatic heterocycles. The van der Waals surface area contributed by atoms with E-state index in [1.54, 1.807) is 24.9 Å². The number of anilines is 1. The molecule has 1 atom stereocenters. The highest BCUT2D eigenvalue weighted by Gasteiger charge is 2.19. The van der Waals surface area contributed by atoms with Crippen molar-refractivity contribution in [2.75, 3.05) is 19.1 Å². The molecule has 4 aromatic rings. The number of hydrogen-bond acceptors (Lipinski definition) is 7. The lowest BCUT2D eigenvalue weighted by Gasteiger charge is -2.25. The number of aromatic nitrogens is 4. The van der Waals surface area contributed by atoms with Gasteiger partial charge in [0.05, 0.1) is 20.3 Å². The fourth-order valence-corrected chi connectivity index (χ4v) is 3.81. The van der Waals surface area contributed by atoms with Crippen molar-refractivity contribution in [1.29, 1.82) is 0 Å². The van der Waals surface area contributed by atoms with E-state index in [2.05, 4.69) is 46.2 Å². The topological polar surface area (TPSA) is 74.0 Å². The zero-order valence-corrected chi connectivity index (χ0v) is 20.1. The molecule has 2 aromatic carbocycles. The fraction of sp³-hybridized carbons (Fsp3) is 0.346. The minimum absolute atomic E-state index is 0.0236. The highest BCUT2D eigenvalue weighted by atomic mass is 16.5. The minimum atomic E-state index is 0.0236. The van der Waals surface area contributed by atoms with Gasteiger partial charge in [-0.15, -0.1) is 5.10 Å². The molecular formula is C26H31N5O3. The number of imidazole rings is 1. The van der Waals surface area contributed by atoms with Crippen molar-refractivity contribution >= 4 is 11.5 Å². The standard InChI is InChI=1S/C26H31N5O3/c1-5-6-19(2)34-26-28-25(24-27-15-16-31(24)29-26)30(17-20-7-11-22(32-3)12-8-20)18-21-9-13-23(33-4)14-10-21/h7-16,19H,5-6,17-18H2,1-4H3. The fourth-order valence-electron chi connectivity index (χ4n) is 3.81. The van der Waals surface area contributed by atoms with Crippen LogP contribution in [0.15, 0.2) is 60.9 Å². The molecule has 0 aliphatic carbocycles. The average molecular weight is 462 g/mol. The molecule has 0 bridgehead atoms. The molecule has 0 amide bonds. The van der Waals surface area contributed by atoms with Crippen LogP contribution < -0.4 is 19.1 Å². The van der Waals surface area contributed by atoms with Gasteiger partial charge in [0, 0.05) is 25.5 Å². The Morgan fingerprint density at radius 2 is 1.50 bits per heavy atom. The van der Waals surface area contributed by atoms with Crippen molar-refractivity contribution in [2.45, 2.75) is 45.9 Å². The van der Waals surface area contributed by atoms with Gasteiger partial charge in [0.15, 0.2) is 11.5 Å². The third-order valence-corrected chi connectivity index (χ3v) is 5.58. The van der Waals surface area contributed by atoms with Gasteiger partial charge in [-0.3, -0.25) is 0 Å². The van der Waals surface area contributed by atoms with Gasteiger partial charge in [0.2, 0.25) is 0 Å². The third kappa shape index (κ3) is 5.57. The largest absolute Gasteiger partial charge is 0.497 e. The van der Waals surface area contributed by atoms with E-state index in [0.717, 1.165) is 35.5 Å². The Hall–Kier alpha value is -3.81. The zero-order valence-electron chi connectivity index (χ0n) is 20.1. The molecule has 2 heterocycles. The van der Waals surface area contributed by atoms with E-state index in [4.69, 9.17) is 19.2 Å². The number of benzene rings is 2. The maximum Gasteiger partial charge on any atom is 0.336 e. The zero-order chi connectivity index (χ0) is 23.9. The SMILES string of the molecule is CCCC(C)Oc1nc(N(Cc2ccc(OC)cc2)Cc2ccc(OC)cc2)c2nccn2n1. The molecular weight excluding hydrogens is 430 g/mol. The Kier molecular flexibility index (Phi) is 7.47. The summed E-state index contributed by atoms with van der Waals surface area (Å²) in [5, 5.41) is 4.52. The molecule has 0 aliphatic heterocycles. The molecule has 8 nitrogen and oxygen atoms in total. The van der Waals surface area contributed by atoms with E-state index in [1.165, 1.54) is 0 Å². The van der Waals surface area contributed by atoms with Crippen molar-refractivity contribution in [3.63, 3.8) is 0 Å².